The van der Waals surface area contributed by atoms with Gasteiger partial charge >= 0.3 is 0 Å². The highest BCUT2D eigenvalue weighted by molar-refractivity contribution is 9.10. The normalized spacial score (nSPS) is 17.6. The zero-order chi connectivity index (χ0) is 11.5. The quantitative estimate of drug-likeness (QED) is 0.874. The summed E-state index contributed by atoms with van der Waals surface area (Å²) in [6.45, 7) is 1.54. The fourth-order valence-electron chi connectivity index (χ4n) is 1.57. The molecule has 5 heteroatoms. The van der Waals surface area contributed by atoms with Crippen molar-refractivity contribution in [3.8, 4) is 0 Å². The van der Waals surface area contributed by atoms with Crippen molar-refractivity contribution in [1.82, 2.24) is 5.32 Å². The van der Waals surface area contributed by atoms with E-state index in [0.717, 1.165) is 19.5 Å². The maximum atomic E-state index is 13.0. The lowest BCUT2D eigenvalue weighted by Crippen LogP contribution is -2.34. The minimum Gasteiger partial charge on any atom is -0.380 e. The van der Waals surface area contributed by atoms with Crippen LogP contribution in [-0.4, -0.2) is 24.0 Å². The third-order valence-corrected chi connectivity index (χ3v) is 3.05. The molecule has 86 valence electrons. The molecule has 2 N–H and O–H groups in total. The van der Waals surface area contributed by atoms with Gasteiger partial charge in [-0.2, -0.15) is 0 Å². The van der Waals surface area contributed by atoms with Gasteiger partial charge in [-0.05, 0) is 40.0 Å². The largest absolute Gasteiger partial charge is 0.380 e. The van der Waals surface area contributed by atoms with E-state index in [1.165, 1.54) is 6.07 Å². The molecule has 1 atom stereocenters. The Labute approximate surface area is 102 Å². The number of amidine groups is 1. The molecule has 0 saturated heterocycles. The Morgan fingerprint density at radius 2 is 2.31 bits per heavy atom. The van der Waals surface area contributed by atoms with Gasteiger partial charge in [0, 0.05) is 13.1 Å². The molecule has 1 unspecified atom stereocenters. The number of nitrogens with zero attached hydrogens (tertiary/aromatic N) is 1. The number of benzene rings is 1. The Kier molecular flexibility index (Phi) is 3.56. The Morgan fingerprint density at radius 3 is 2.94 bits per heavy atom. The summed E-state index contributed by atoms with van der Waals surface area (Å²) >= 11 is 3.09. The van der Waals surface area contributed by atoms with E-state index in [-0.39, 0.29) is 5.82 Å². The SMILES string of the molecule is OC(C1=NCCCN1)c1ccc(F)c(Br)c1. The van der Waals surface area contributed by atoms with Crippen molar-refractivity contribution in [2.45, 2.75) is 12.5 Å². The summed E-state index contributed by atoms with van der Waals surface area (Å²) in [6, 6.07) is 4.45. The maximum Gasteiger partial charge on any atom is 0.137 e. The van der Waals surface area contributed by atoms with Crippen molar-refractivity contribution in [3.05, 3.63) is 34.1 Å². The summed E-state index contributed by atoms with van der Waals surface area (Å²) in [4.78, 5) is 4.20. The molecule has 0 radical (unpaired) electrons. The molecule has 3 nitrogen and oxygen atoms in total. The predicted octanol–water partition coefficient (Wildman–Crippen LogP) is 2.01. The Hall–Kier alpha value is -0.940. The van der Waals surface area contributed by atoms with Gasteiger partial charge in [-0.3, -0.25) is 4.99 Å². The summed E-state index contributed by atoms with van der Waals surface area (Å²) in [5.74, 6) is 0.222. The molecule has 16 heavy (non-hydrogen) atoms. The van der Waals surface area contributed by atoms with Gasteiger partial charge in [0.05, 0.1) is 4.47 Å². The van der Waals surface area contributed by atoms with E-state index in [0.29, 0.717) is 15.9 Å². The summed E-state index contributed by atoms with van der Waals surface area (Å²) in [5, 5.41) is 13.1. The Morgan fingerprint density at radius 1 is 1.50 bits per heavy atom. The molecule has 1 aromatic rings. The van der Waals surface area contributed by atoms with Crippen LogP contribution >= 0.6 is 15.9 Å². The number of aliphatic hydroxyl groups excluding tert-OH is 1. The molecular weight excluding hydrogens is 275 g/mol. The summed E-state index contributed by atoms with van der Waals surface area (Å²) in [5.41, 5.74) is 0.626. The van der Waals surface area contributed by atoms with Gasteiger partial charge in [0.15, 0.2) is 0 Å². The highest BCUT2D eigenvalue weighted by Crippen LogP contribution is 2.22. The van der Waals surface area contributed by atoms with Crippen LogP contribution in [0, 0.1) is 5.82 Å². The van der Waals surface area contributed by atoms with Gasteiger partial charge in [-0.1, -0.05) is 6.07 Å². The van der Waals surface area contributed by atoms with Gasteiger partial charge in [0.1, 0.15) is 17.8 Å². The van der Waals surface area contributed by atoms with Gasteiger partial charge in [0.2, 0.25) is 0 Å². The Balaban J connectivity index is 2.22. The highest BCUT2D eigenvalue weighted by atomic mass is 79.9. The van der Waals surface area contributed by atoms with E-state index >= 15 is 0 Å². The van der Waals surface area contributed by atoms with E-state index in [1.54, 1.807) is 12.1 Å². The van der Waals surface area contributed by atoms with E-state index < -0.39 is 6.10 Å². The molecule has 0 aromatic heterocycles. The molecule has 0 amide bonds. The molecule has 0 bridgehead atoms. The van der Waals surface area contributed by atoms with Crippen molar-refractivity contribution in [1.29, 1.82) is 0 Å². The molecule has 1 heterocycles. The number of halogens is 2. The summed E-state index contributed by atoms with van der Waals surface area (Å²) < 4.78 is 13.4. The number of hydrogen-bond donors (Lipinski definition) is 2. The molecule has 1 aliphatic rings. The third kappa shape index (κ3) is 2.41. The average Bonchev–Trinajstić information content (AvgIpc) is 2.33. The van der Waals surface area contributed by atoms with E-state index in [2.05, 4.69) is 26.2 Å². The minimum absolute atomic E-state index is 0.338. The van der Waals surface area contributed by atoms with Crippen LogP contribution in [0.4, 0.5) is 4.39 Å². The third-order valence-electron chi connectivity index (χ3n) is 2.44. The number of aliphatic hydroxyl groups is 1. The van der Waals surface area contributed by atoms with Crippen LogP contribution in [0.15, 0.2) is 27.7 Å². The standard InChI is InChI=1S/C11H12BrFN2O/c12-8-6-7(2-3-9(8)13)10(16)11-14-4-1-5-15-11/h2-3,6,10,16H,1,4-5H2,(H,14,15). The minimum atomic E-state index is -0.808. The van der Waals surface area contributed by atoms with Crippen LogP contribution in [0.2, 0.25) is 0 Å². The monoisotopic (exact) mass is 286 g/mol. The first-order valence-corrected chi connectivity index (χ1v) is 5.89. The number of nitrogens with one attached hydrogen (secondary N) is 1. The second-order valence-electron chi connectivity index (χ2n) is 3.62. The zero-order valence-corrected chi connectivity index (χ0v) is 10.2. The van der Waals surface area contributed by atoms with Gasteiger partial charge < -0.3 is 10.4 Å². The molecule has 0 fully saturated rings. The summed E-state index contributed by atoms with van der Waals surface area (Å²) in [7, 11) is 0. The molecular formula is C11H12BrFN2O. The van der Waals surface area contributed by atoms with Crippen molar-refractivity contribution in [2.24, 2.45) is 4.99 Å². The summed E-state index contributed by atoms with van der Waals surface area (Å²) in [6.07, 6.45) is 0.167. The van der Waals surface area contributed by atoms with Gasteiger partial charge in [-0.15, -0.1) is 0 Å². The van der Waals surface area contributed by atoms with Crippen LogP contribution in [0.5, 0.6) is 0 Å². The van der Waals surface area contributed by atoms with Crippen molar-refractivity contribution >= 4 is 21.8 Å². The zero-order valence-electron chi connectivity index (χ0n) is 8.58. The van der Waals surface area contributed by atoms with Crippen LogP contribution in [0.1, 0.15) is 18.1 Å². The number of rotatable bonds is 2. The topological polar surface area (TPSA) is 44.6 Å². The lowest BCUT2D eigenvalue weighted by Gasteiger charge is -2.19. The first-order chi connectivity index (χ1) is 7.68. The van der Waals surface area contributed by atoms with Crippen LogP contribution in [0.25, 0.3) is 0 Å². The molecule has 0 spiro atoms. The van der Waals surface area contributed by atoms with Crippen molar-refractivity contribution in [3.63, 3.8) is 0 Å². The van der Waals surface area contributed by atoms with Crippen LogP contribution in [0.3, 0.4) is 0 Å². The first-order valence-electron chi connectivity index (χ1n) is 5.09. The highest BCUT2D eigenvalue weighted by Gasteiger charge is 2.17. The lowest BCUT2D eigenvalue weighted by atomic mass is 10.1. The van der Waals surface area contributed by atoms with E-state index in [1.807, 2.05) is 0 Å². The lowest BCUT2D eigenvalue weighted by molar-refractivity contribution is 0.241. The maximum absolute atomic E-state index is 13.0. The fourth-order valence-corrected chi connectivity index (χ4v) is 1.97. The Bertz CT molecular complexity index is 422. The molecule has 1 aromatic carbocycles. The average molecular weight is 287 g/mol. The van der Waals surface area contributed by atoms with Crippen molar-refractivity contribution < 1.29 is 9.50 Å². The molecule has 2 rings (SSSR count). The van der Waals surface area contributed by atoms with Gasteiger partial charge in [0.25, 0.3) is 0 Å². The smallest absolute Gasteiger partial charge is 0.137 e. The van der Waals surface area contributed by atoms with Crippen LogP contribution in [-0.2, 0) is 0 Å². The molecule has 0 aliphatic carbocycles. The van der Waals surface area contributed by atoms with Crippen LogP contribution < -0.4 is 5.32 Å². The second kappa shape index (κ2) is 4.93. The first kappa shape index (κ1) is 11.5. The fraction of sp³-hybridized carbons (Fsp3) is 0.364. The van der Waals surface area contributed by atoms with E-state index in [9.17, 15) is 9.50 Å². The second-order valence-corrected chi connectivity index (χ2v) is 4.48. The van der Waals surface area contributed by atoms with E-state index in [4.69, 9.17) is 0 Å². The molecule has 0 saturated carbocycles. The number of aliphatic imine (C=N–C) groups is 1. The number of hydrogen-bond acceptors (Lipinski definition) is 3. The van der Waals surface area contributed by atoms with Gasteiger partial charge in [-0.25, -0.2) is 4.39 Å². The van der Waals surface area contributed by atoms with Crippen molar-refractivity contribution in [2.75, 3.05) is 13.1 Å². The molecule has 1 aliphatic heterocycles. The predicted molar refractivity (Wildman–Crippen MR) is 64.0 cm³/mol.